The number of anilines is 1. The van der Waals surface area contributed by atoms with E-state index in [1.165, 1.54) is 24.3 Å². The van der Waals surface area contributed by atoms with Gasteiger partial charge in [0.25, 0.3) is 5.91 Å². The number of hydrogen-bond donors (Lipinski definition) is 2. The zero-order valence-corrected chi connectivity index (χ0v) is 18.4. The Hall–Kier alpha value is -2.13. The lowest BCUT2D eigenvalue weighted by molar-refractivity contribution is -0.112. The Morgan fingerprint density at radius 3 is 2.48 bits per heavy atom. The number of benzene rings is 2. The highest BCUT2D eigenvalue weighted by atomic mass is 127. The van der Waals surface area contributed by atoms with E-state index < -0.39 is 11.9 Å². The maximum atomic E-state index is 12.4. The molecule has 0 saturated carbocycles. The van der Waals surface area contributed by atoms with Crippen LogP contribution in [0.4, 0.5) is 5.69 Å². The molecular formula is C19H14I2N2O4. The number of carbonyl (C=O) groups excluding carboxylic acids is 1. The first-order chi connectivity index (χ1) is 12.8. The van der Waals surface area contributed by atoms with Crippen LogP contribution in [-0.4, -0.2) is 23.6 Å². The minimum Gasteiger partial charge on any atom is -0.492 e. The number of nitrogens with one attached hydrogen (secondary N) is 1. The van der Waals surface area contributed by atoms with Crippen LogP contribution in [0.15, 0.2) is 42.0 Å². The summed E-state index contributed by atoms with van der Waals surface area (Å²) in [5.74, 6) is -0.941. The van der Waals surface area contributed by atoms with Crippen LogP contribution in [0.1, 0.15) is 22.8 Å². The Kier molecular flexibility index (Phi) is 7.61. The van der Waals surface area contributed by atoms with E-state index in [1.54, 1.807) is 6.07 Å². The first kappa shape index (κ1) is 21.2. The van der Waals surface area contributed by atoms with Crippen molar-refractivity contribution in [1.82, 2.24) is 0 Å². The van der Waals surface area contributed by atoms with E-state index in [4.69, 9.17) is 9.84 Å². The average Bonchev–Trinajstić information content (AvgIpc) is 2.62. The molecule has 138 valence electrons. The summed E-state index contributed by atoms with van der Waals surface area (Å²) in [7, 11) is 0. The molecule has 2 aromatic rings. The van der Waals surface area contributed by atoms with Crippen LogP contribution < -0.4 is 10.1 Å². The van der Waals surface area contributed by atoms with Gasteiger partial charge in [0.05, 0.1) is 19.3 Å². The lowest BCUT2D eigenvalue weighted by Crippen LogP contribution is -2.14. The topological polar surface area (TPSA) is 99.4 Å². The first-order valence-corrected chi connectivity index (χ1v) is 9.89. The van der Waals surface area contributed by atoms with Gasteiger partial charge in [0.15, 0.2) is 0 Å². The second-order valence-corrected chi connectivity index (χ2v) is 7.58. The van der Waals surface area contributed by atoms with Crippen molar-refractivity contribution in [3.8, 4) is 11.8 Å². The second-order valence-electron chi connectivity index (χ2n) is 5.26. The summed E-state index contributed by atoms with van der Waals surface area (Å²) in [6.07, 6.45) is 1.48. The fourth-order valence-electron chi connectivity index (χ4n) is 2.19. The number of halogens is 2. The number of rotatable bonds is 6. The molecule has 8 heteroatoms. The number of carboxylic acids is 1. The number of ether oxygens (including phenoxy) is 1. The van der Waals surface area contributed by atoms with Gasteiger partial charge in [-0.1, -0.05) is 6.07 Å². The number of aromatic carboxylic acids is 1. The third kappa shape index (κ3) is 5.67. The van der Waals surface area contributed by atoms with Crippen LogP contribution >= 0.6 is 45.2 Å². The van der Waals surface area contributed by atoms with Crippen molar-refractivity contribution in [2.24, 2.45) is 0 Å². The van der Waals surface area contributed by atoms with Crippen molar-refractivity contribution in [3.05, 3.63) is 60.2 Å². The van der Waals surface area contributed by atoms with Crippen molar-refractivity contribution >= 4 is 68.8 Å². The Balaban J connectivity index is 2.28. The third-order valence-corrected chi connectivity index (χ3v) is 4.96. The number of carboxylic acid groups (broad SMARTS) is 1. The molecular weight excluding hydrogens is 574 g/mol. The van der Waals surface area contributed by atoms with Crippen molar-refractivity contribution < 1.29 is 19.4 Å². The van der Waals surface area contributed by atoms with Crippen LogP contribution in [0.5, 0.6) is 5.75 Å². The van der Waals surface area contributed by atoms with Gasteiger partial charge in [0.2, 0.25) is 0 Å². The number of nitriles is 1. The lowest BCUT2D eigenvalue weighted by Gasteiger charge is -2.10. The maximum absolute atomic E-state index is 12.4. The van der Waals surface area contributed by atoms with E-state index >= 15 is 0 Å². The van der Waals surface area contributed by atoms with E-state index in [1.807, 2.05) is 25.1 Å². The van der Waals surface area contributed by atoms with Gasteiger partial charge >= 0.3 is 5.97 Å². The van der Waals surface area contributed by atoms with E-state index in [2.05, 4.69) is 50.5 Å². The molecule has 0 spiro atoms. The normalized spacial score (nSPS) is 10.8. The number of carbonyl (C=O) groups is 2. The van der Waals surface area contributed by atoms with Gasteiger partial charge in [0.1, 0.15) is 17.4 Å². The molecule has 2 aromatic carbocycles. The standard InChI is InChI=1S/C19H14I2N2O4/c1-2-27-17-15(20)7-11(8-16(17)21)6-13(10-22)18(24)23-14-5-3-4-12(9-14)19(25)26/h3-9H,2H2,1H3,(H,23,24)(H,25,26)/b13-6-. The van der Waals surface area contributed by atoms with E-state index in [-0.39, 0.29) is 11.1 Å². The van der Waals surface area contributed by atoms with Crippen LogP contribution in [0.2, 0.25) is 0 Å². The molecule has 0 bridgehead atoms. The van der Waals surface area contributed by atoms with E-state index in [9.17, 15) is 14.9 Å². The van der Waals surface area contributed by atoms with Gasteiger partial charge in [-0.25, -0.2) is 4.79 Å². The van der Waals surface area contributed by atoms with Gasteiger partial charge in [-0.15, -0.1) is 0 Å². The minimum absolute atomic E-state index is 0.0471. The van der Waals surface area contributed by atoms with Crippen LogP contribution in [0.3, 0.4) is 0 Å². The van der Waals surface area contributed by atoms with E-state index in [0.29, 0.717) is 17.9 Å². The quantitative estimate of drug-likeness (QED) is 0.294. The maximum Gasteiger partial charge on any atom is 0.335 e. The van der Waals surface area contributed by atoms with Gasteiger partial charge in [-0.2, -0.15) is 5.26 Å². The predicted molar refractivity (Wildman–Crippen MR) is 119 cm³/mol. The first-order valence-electron chi connectivity index (χ1n) is 7.74. The lowest BCUT2D eigenvalue weighted by atomic mass is 10.1. The molecule has 0 radical (unpaired) electrons. The Morgan fingerprint density at radius 2 is 1.93 bits per heavy atom. The molecule has 0 fully saturated rings. The Labute approximate surface area is 183 Å². The van der Waals surface area contributed by atoms with Gasteiger partial charge in [0, 0.05) is 5.69 Å². The molecule has 0 aliphatic carbocycles. The largest absolute Gasteiger partial charge is 0.492 e. The summed E-state index contributed by atoms with van der Waals surface area (Å²) >= 11 is 4.28. The molecule has 0 heterocycles. The molecule has 0 unspecified atom stereocenters. The second kappa shape index (κ2) is 9.70. The number of amides is 1. The van der Waals surface area contributed by atoms with Crippen molar-refractivity contribution in [2.45, 2.75) is 6.92 Å². The number of nitrogens with zero attached hydrogens (tertiary/aromatic N) is 1. The van der Waals surface area contributed by atoms with Gasteiger partial charge in [-0.3, -0.25) is 4.79 Å². The molecule has 0 aliphatic heterocycles. The molecule has 0 aliphatic rings. The minimum atomic E-state index is -1.10. The molecule has 0 aromatic heterocycles. The monoisotopic (exact) mass is 588 g/mol. The highest BCUT2D eigenvalue weighted by Gasteiger charge is 2.13. The van der Waals surface area contributed by atoms with Crippen LogP contribution in [0.25, 0.3) is 6.08 Å². The average molecular weight is 588 g/mol. The Bertz CT molecular complexity index is 941. The Morgan fingerprint density at radius 1 is 1.26 bits per heavy atom. The third-order valence-electron chi connectivity index (χ3n) is 3.35. The summed E-state index contributed by atoms with van der Waals surface area (Å²) in [6, 6.07) is 11.4. The molecule has 0 atom stereocenters. The molecule has 2 rings (SSSR count). The summed E-state index contributed by atoms with van der Waals surface area (Å²) in [5, 5.41) is 20.9. The zero-order valence-electron chi connectivity index (χ0n) is 14.1. The summed E-state index contributed by atoms with van der Waals surface area (Å²) in [6.45, 7) is 2.44. The number of hydrogen-bond acceptors (Lipinski definition) is 4. The molecule has 6 nitrogen and oxygen atoms in total. The molecule has 2 N–H and O–H groups in total. The fourth-order valence-corrected chi connectivity index (χ4v) is 4.32. The van der Waals surface area contributed by atoms with Crippen molar-refractivity contribution in [2.75, 3.05) is 11.9 Å². The highest BCUT2D eigenvalue weighted by Crippen LogP contribution is 2.29. The fraction of sp³-hybridized carbons (Fsp3) is 0.105. The predicted octanol–water partition coefficient (Wildman–Crippen LogP) is 4.54. The van der Waals surface area contributed by atoms with E-state index in [0.717, 1.165) is 12.9 Å². The van der Waals surface area contributed by atoms with Gasteiger partial charge < -0.3 is 15.2 Å². The van der Waals surface area contributed by atoms with Crippen molar-refractivity contribution in [1.29, 1.82) is 5.26 Å². The smallest absolute Gasteiger partial charge is 0.335 e. The SMILES string of the molecule is CCOc1c(I)cc(/C=C(/C#N)C(=O)Nc2cccc(C(=O)O)c2)cc1I. The van der Waals surface area contributed by atoms with Crippen molar-refractivity contribution in [3.63, 3.8) is 0 Å². The molecule has 1 amide bonds. The summed E-state index contributed by atoms with van der Waals surface area (Å²) in [5.41, 5.74) is 0.951. The van der Waals surface area contributed by atoms with Gasteiger partial charge in [-0.05, 0) is 94.1 Å². The summed E-state index contributed by atoms with van der Waals surface area (Å²) in [4.78, 5) is 23.4. The summed E-state index contributed by atoms with van der Waals surface area (Å²) < 4.78 is 7.33. The molecule has 0 saturated heterocycles. The highest BCUT2D eigenvalue weighted by molar-refractivity contribution is 14.1. The van der Waals surface area contributed by atoms with Crippen LogP contribution in [0, 0.1) is 18.5 Å². The molecule has 27 heavy (non-hydrogen) atoms. The zero-order chi connectivity index (χ0) is 20.0. The van der Waals surface area contributed by atoms with Crippen LogP contribution in [-0.2, 0) is 4.79 Å².